The lowest BCUT2D eigenvalue weighted by Gasteiger charge is -2.18. The van der Waals surface area contributed by atoms with Gasteiger partial charge in [0.15, 0.2) is 0 Å². The minimum absolute atomic E-state index is 0.0775. The van der Waals surface area contributed by atoms with Gasteiger partial charge in [0.25, 0.3) is 0 Å². The molecule has 0 fully saturated rings. The molecule has 0 atom stereocenters. The highest BCUT2D eigenvalue weighted by atomic mass is 16.1. The van der Waals surface area contributed by atoms with E-state index in [-0.39, 0.29) is 11.7 Å². The zero-order valence-corrected chi connectivity index (χ0v) is 13.4. The smallest absolute Gasteiger partial charge is 0.289 e. The Morgan fingerprint density at radius 2 is 1.73 bits per heavy atom. The van der Waals surface area contributed by atoms with Crippen LogP contribution in [-0.2, 0) is 0 Å². The monoisotopic (exact) mass is 292 g/mol. The van der Waals surface area contributed by atoms with E-state index in [9.17, 15) is 4.79 Å². The van der Waals surface area contributed by atoms with Crippen molar-refractivity contribution < 1.29 is 0 Å². The van der Waals surface area contributed by atoms with Crippen molar-refractivity contribution in [3.05, 3.63) is 64.1 Å². The topological polar surface area (TPSA) is 34.9 Å². The Morgan fingerprint density at radius 3 is 2.36 bits per heavy atom. The van der Waals surface area contributed by atoms with Crippen LogP contribution < -0.4 is 5.69 Å². The Hall–Kier alpha value is -2.42. The maximum atomic E-state index is 12.6. The number of hydrogen-bond donors (Lipinski definition) is 0. The molecule has 0 radical (unpaired) electrons. The van der Waals surface area contributed by atoms with Crippen molar-refractivity contribution in [2.24, 2.45) is 0 Å². The highest BCUT2D eigenvalue weighted by Gasteiger charge is 2.15. The molecule has 0 aliphatic heterocycles. The summed E-state index contributed by atoms with van der Waals surface area (Å²) in [6.45, 7) is 8.17. The molecule has 3 nitrogen and oxygen atoms in total. The molecule has 22 heavy (non-hydrogen) atoms. The second-order valence-electron chi connectivity index (χ2n) is 6.05. The fraction of sp³-hybridized carbons (Fsp3) is 0.263. The third kappa shape index (κ3) is 2.33. The van der Waals surface area contributed by atoms with E-state index in [0.29, 0.717) is 0 Å². The van der Waals surface area contributed by atoms with Crippen LogP contribution in [-0.4, -0.2) is 9.55 Å². The number of nitrogens with zero attached hydrogens (tertiary/aromatic N) is 2. The van der Waals surface area contributed by atoms with Crippen LogP contribution in [0.1, 0.15) is 31.0 Å². The molecule has 0 bridgehead atoms. The van der Waals surface area contributed by atoms with E-state index in [2.05, 4.69) is 31.0 Å². The fourth-order valence-electron chi connectivity index (χ4n) is 3.06. The summed E-state index contributed by atoms with van der Waals surface area (Å²) < 4.78 is 1.79. The molecule has 0 aliphatic rings. The Kier molecular flexibility index (Phi) is 3.57. The van der Waals surface area contributed by atoms with Gasteiger partial charge in [-0.2, -0.15) is 4.98 Å². The van der Waals surface area contributed by atoms with Crippen LogP contribution in [0.3, 0.4) is 0 Å². The minimum atomic E-state index is -0.187. The van der Waals surface area contributed by atoms with Gasteiger partial charge in [-0.3, -0.25) is 4.57 Å². The second-order valence-corrected chi connectivity index (χ2v) is 6.05. The molecule has 1 heterocycles. The fourth-order valence-corrected chi connectivity index (χ4v) is 3.06. The van der Waals surface area contributed by atoms with Crippen molar-refractivity contribution in [1.29, 1.82) is 0 Å². The summed E-state index contributed by atoms with van der Waals surface area (Å²) in [4.78, 5) is 16.9. The molecule has 0 unspecified atom stereocenters. The van der Waals surface area contributed by atoms with E-state index in [1.807, 2.05) is 44.2 Å². The molecule has 112 valence electrons. The summed E-state index contributed by atoms with van der Waals surface area (Å²) in [7, 11) is 0. The average molecular weight is 292 g/mol. The van der Waals surface area contributed by atoms with Crippen molar-refractivity contribution in [2.75, 3.05) is 0 Å². The van der Waals surface area contributed by atoms with E-state index in [0.717, 1.165) is 27.7 Å². The van der Waals surface area contributed by atoms with Crippen LogP contribution in [0, 0.1) is 13.8 Å². The highest BCUT2D eigenvalue weighted by Crippen LogP contribution is 2.29. The summed E-state index contributed by atoms with van der Waals surface area (Å²) in [6, 6.07) is 14.2. The van der Waals surface area contributed by atoms with Crippen LogP contribution in [0.15, 0.2) is 47.3 Å². The highest BCUT2D eigenvalue weighted by molar-refractivity contribution is 5.94. The van der Waals surface area contributed by atoms with Crippen LogP contribution in [0.2, 0.25) is 0 Å². The van der Waals surface area contributed by atoms with Crippen molar-refractivity contribution in [2.45, 2.75) is 33.7 Å². The molecule has 3 rings (SSSR count). The second kappa shape index (κ2) is 5.41. The van der Waals surface area contributed by atoms with Gasteiger partial charge >= 0.3 is 5.69 Å². The number of fused-ring (bicyclic) bond motifs is 1. The summed E-state index contributed by atoms with van der Waals surface area (Å²) >= 11 is 0. The third-order valence-electron chi connectivity index (χ3n) is 3.92. The third-order valence-corrected chi connectivity index (χ3v) is 3.92. The normalized spacial score (nSPS) is 11.3. The molecule has 0 saturated heterocycles. The van der Waals surface area contributed by atoms with Crippen LogP contribution in [0.25, 0.3) is 22.2 Å². The lowest BCUT2D eigenvalue weighted by Crippen LogP contribution is -2.26. The molecule has 0 saturated carbocycles. The lowest BCUT2D eigenvalue weighted by atomic mass is 10.0. The Labute approximate surface area is 130 Å². The molecule has 0 aliphatic carbocycles. The van der Waals surface area contributed by atoms with Gasteiger partial charge in [-0.15, -0.1) is 0 Å². The molecule has 0 spiro atoms. The molecule has 3 heteroatoms. The standard InChI is InChI=1S/C19H20N2O/c1-12(2)21-18-14(4)10-13(3)11-16(18)17(20-19(21)22)15-8-6-5-7-9-15/h5-12H,1-4H3. The van der Waals surface area contributed by atoms with E-state index >= 15 is 0 Å². The first-order valence-electron chi connectivity index (χ1n) is 7.58. The van der Waals surface area contributed by atoms with E-state index in [1.54, 1.807) is 4.57 Å². The van der Waals surface area contributed by atoms with Gasteiger partial charge in [0.05, 0.1) is 11.2 Å². The molecular weight excluding hydrogens is 272 g/mol. The number of rotatable bonds is 2. The first-order valence-corrected chi connectivity index (χ1v) is 7.58. The molecule has 3 aromatic rings. The summed E-state index contributed by atoms with van der Waals surface area (Å²) in [5.41, 5.74) is 4.83. The summed E-state index contributed by atoms with van der Waals surface area (Å²) in [5, 5.41) is 1.04. The van der Waals surface area contributed by atoms with Gasteiger partial charge in [0, 0.05) is 17.0 Å². The van der Waals surface area contributed by atoms with E-state index in [4.69, 9.17) is 0 Å². The zero-order valence-electron chi connectivity index (χ0n) is 13.4. The largest absolute Gasteiger partial charge is 0.348 e. The van der Waals surface area contributed by atoms with Gasteiger partial charge in [0.2, 0.25) is 0 Å². The number of aryl methyl sites for hydroxylation is 2. The predicted molar refractivity (Wildman–Crippen MR) is 91.3 cm³/mol. The van der Waals surface area contributed by atoms with Gasteiger partial charge in [0.1, 0.15) is 0 Å². The van der Waals surface area contributed by atoms with Crippen molar-refractivity contribution in [3.63, 3.8) is 0 Å². The quantitative estimate of drug-likeness (QED) is 0.707. The van der Waals surface area contributed by atoms with E-state index < -0.39 is 0 Å². The Balaban J connectivity index is 2.51. The van der Waals surface area contributed by atoms with Gasteiger partial charge < -0.3 is 0 Å². The Bertz CT molecular complexity index is 893. The van der Waals surface area contributed by atoms with Gasteiger partial charge in [-0.05, 0) is 39.3 Å². The lowest BCUT2D eigenvalue weighted by molar-refractivity contribution is 0.586. The number of hydrogen-bond acceptors (Lipinski definition) is 2. The predicted octanol–water partition coefficient (Wildman–Crippen LogP) is 4.26. The maximum Gasteiger partial charge on any atom is 0.348 e. The molecule has 1 aromatic heterocycles. The van der Waals surface area contributed by atoms with Gasteiger partial charge in [-0.25, -0.2) is 4.79 Å². The van der Waals surface area contributed by atoms with E-state index in [1.165, 1.54) is 5.56 Å². The molecule has 0 amide bonds. The van der Waals surface area contributed by atoms with Gasteiger partial charge in [-0.1, -0.05) is 42.0 Å². The minimum Gasteiger partial charge on any atom is -0.289 e. The first kappa shape index (κ1) is 14.5. The van der Waals surface area contributed by atoms with Crippen LogP contribution in [0.5, 0.6) is 0 Å². The summed E-state index contributed by atoms with van der Waals surface area (Å²) in [6.07, 6.45) is 0. The van der Waals surface area contributed by atoms with Crippen molar-refractivity contribution >= 4 is 10.9 Å². The van der Waals surface area contributed by atoms with Crippen LogP contribution >= 0.6 is 0 Å². The zero-order chi connectivity index (χ0) is 15.9. The first-order chi connectivity index (χ1) is 10.5. The molecule has 0 N–H and O–H groups in total. The Morgan fingerprint density at radius 1 is 1.05 bits per heavy atom. The maximum absolute atomic E-state index is 12.6. The average Bonchev–Trinajstić information content (AvgIpc) is 2.47. The molecular formula is C19H20N2O. The number of benzene rings is 2. The summed E-state index contributed by atoms with van der Waals surface area (Å²) in [5.74, 6) is 0. The van der Waals surface area contributed by atoms with Crippen LogP contribution in [0.4, 0.5) is 0 Å². The van der Waals surface area contributed by atoms with Crippen molar-refractivity contribution in [1.82, 2.24) is 9.55 Å². The number of aromatic nitrogens is 2. The SMILES string of the molecule is Cc1cc(C)c2c(c1)c(-c1ccccc1)nc(=O)n2C(C)C. The van der Waals surface area contributed by atoms with Crippen molar-refractivity contribution in [3.8, 4) is 11.3 Å². The molecule has 2 aromatic carbocycles.